The fourth-order valence-corrected chi connectivity index (χ4v) is 1.90. The Morgan fingerprint density at radius 1 is 0.947 bits per heavy atom. The minimum atomic E-state index is 0.753. The first kappa shape index (κ1) is 13.3. The van der Waals surface area contributed by atoms with Gasteiger partial charge in [-0.25, -0.2) is 0 Å². The molecule has 2 aromatic carbocycles. The molecule has 0 aliphatic heterocycles. The highest BCUT2D eigenvalue weighted by Gasteiger charge is 1.97. The van der Waals surface area contributed by atoms with E-state index in [-0.39, 0.29) is 0 Å². The smallest absolute Gasteiger partial charge is 0.118 e. The molecule has 0 N–H and O–H groups in total. The van der Waals surface area contributed by atoms with Crippen molar-refractivity contribution in [1.82, 2.24) is 0 Å². The molecule has 2 rings (SSSR count). The number of benzene rings is 2. The van der Waals surface area contributed by atoms with Crippen molar-refractivity contribution in [2.45, 2.75) is 19.9 Å². The monoisotopic (exact) mass is 253 g/mol. The summed E-state index contributed by atoms with van der Waals surface area (Å²) in [6, 6.07) is 18.5. The number of nitrogens with zero attached hydrogens (tertiary/aromatic N) is 1. The van der Waals surface area contributed by atoms with E-state index < -0.39 is 0 Å². The van der Waals surface area contributed by atoms with Gasteiger partial charge in [-0.15, -0.1) is 0 Å². The largest absolute Gasteiger partial charge is 0.497 e. The summed E-state index contributed by atoms with van der Waals surface area (Å²) in [5, 5.41) is 0. The van der Waals surface area contributed by atoms with Crippen LogP contribution in [0.2, 0.25) is 0 Å². The summed E-state index contributed by atoms with van der Waals surface area (Å²) in [7, 11) is 1.68. The van der Waals surface area contributed by atoms with Crippen LogP contribution >= 0.6 is 0 Å². The van der Waals surface area contributed by atoms with Crippen LogP contribution in [0, 0.1) is 0 Å². The summed E-state index contributed by atoms with van der Waals surface area (Å²) in [6.45, 7) is 2.83. The van der Waals surface area contributed by atoms with Gasteiger partial charge in [0.15, 0.2) is 0 Å². The normalized spacial score (nSPS) is 11.4. The first-order valence-electron chi connectivity index (χ1n) is 6.44. The van der Waals surface area contributed by atoms with Gasteiger partial charge >= 0.3 is 0 Å². The number of hydrogen-bond acceptors (Lipinski definition) is 2. The van der Waals surface area contributed by atoms with E-state index >= 15 is 0 Å². The highest BCUT2D eigenvalue weighted by atomic mass is 16.5. The van der Waals surface area contributed by atoms with Crippen LogP contribution in [-0.4, -0.2) is 12.8 Å². The molecule has 0 aliphatic rings. The Morgan fingerprint density at radius 2 is 1.63 bits per heavy atom. The van der Waals surface area contributed by atoms with Crippen LogP contribution in [-0.2, 0) is 13.0 Å². The Balaban J connectivity index is 1.94. The summed E-state index contributed by atoms with van der Waals surface area (Å²) in [5.41, 5.74) is 3.65. The molecule has 2 heteroatoms. The van der Waals surface area contributed by atoms with Gasteiger partial charge in [-0.1, -0.05) is 42.5 Å². The molecule has 2 aromatic rings. The van der Waals surface area contributed by atoms with Gasteiger partial charge in [0.05, 0.1) is 13.7 Å². The molecule has 0 radical (unpaired) electrons. The van der Waals surface area contributed by atoms with Crippen molar-refractivity contribution in [3.05, 3.63) is 65.7 Å². The zero-order chi connectivity index (χ0) is 13.5. The molecule has 0 spiro atoms. The van der Waals surface area contributed by atoms with Crippen LogP contribution in [0.4, 0.5) is 0 Å². The van der Waals surface area contributed by atoms with Gasteiger partial charge in [-0.3, -0.25) is 4.99 Å². The second-order valence-corrected chi connectivity index (χ2v) is 4.56. The van der Waals surface area contributed by atoms with Crippen LogP contribution in [0.1, 0.15) is 18.1 Å². The average molecular weight is 253 g/mol. The van der Waals surface area contributed by atoms with Gasteiger partial charge in [0.2, 0.25) is 0 Å². The third-order valence-corrected chi connectivity index (χ3v) is 2.99. The van der Waals surface area contributed by atoms with Gasteiger partial charge in [0.1, 0.15) is 5.75 Å². The van der Waals surface area contributed by atoms with Gasteiger partial charge < -0.3 is 4.74 Å². The molecule has 0 atom stereocenters. The Kier molecular flexibility index (Phi) is 4.73. The van der Waals surface area contributed by atoms with E-state index in [2.05, 4.69) is 36.2 Å². The summed E-state index contributed by atoms with van der Waals surface area (Å²) in [5.74, 6) is 0.891. The lowest BCUT2D eigenvalue weighted by molar-refractivity contribution is 0.414. The summed E-state index contributed by atoms with van der Waals surface area (Å²) >= 11 is 0. The molecule has 0 aromatic heterocycles. The maximum atomic E-state index is 5.15. The number of aliphatic imine (C=N–C) groups is 1. The van der Waals surface area contributed by atoms with E-state index in [0.29, 0.717) is 0 Å². The molecular formula is C17H19NO. The van der Waals surface area contributed by atoms with Crippen LogP contribution in [0.3, 0.4) is 0 Å². The standard InChI is InChI=1S/C17H19NO/c1-14(18-13-16-6-4-3-5-7-16)12-15-8-10-17(19-2)11-9-15/h3-11H,12-13H2,1-2H3. The van der Waals surface area contributed by atoms with Gasteiger partial charge in [-0.2, -0.15) is 0 Å². The molecular weight excluding hydrogens is 234 g/mol. The van der Waals surface area contributed by atoms with Crippen molar-refractivity contribution < 1.29 is 4.74 Å². The summed E-state index contributed by atoms with van der Waals surface area (Å²) < 4.78 is 5.15. The maximum Gasteiger partial charge on any atom is 0.118 e. The molecule has 0 amide bonds. The first-order chi connectivity index (χ1) is 9.28. The predicted molar refractivity (Wildman–Crippen MR) is 80.0 cm³/mol. The molecule has 0 bridgehead atoms. The molecule has 0 unspecified atom stereocenters. The minimum absolute atomic E-state index is 0.753. The van der Waals surface area contributed by atoms with Crippen molar-refractivity contribution in [3.63, 3.8) is 0 Å². The Labute approximate surface area is 114 Å². The van der Waals surface area contributed by atoms with E-state index in [4.69, 9.17) is 4.74 Å². The zero-order valence-corrected chi connectivity index (χ0v) is 11.5. The maximum absolute atomic E-state index is 5.15. The average Bonchev–Trinajstić information content (AvgIpc) is 2.47. The molecule has 0 saturated carbocycles. The Morgan fingerprint density at radius 3 is 2.26 bits per heavy atom. The van der Waals surface area contributed by atoms with Gasteiger partial charge in [0.25, 0.3) is 0 Å². The zero-order valence-electron chi connectivity index (χ0n) is 11.5. The van der Waals surface area contributed by atoms with Crippen LogP contribution in [0.5, 0.6) is 5.75 Å². The predicted octanol–water partition coefficient (Wildman–Crippen LogP) is 3.90. The quantitative estimate of drug-likeness (QED) is 0.741. The molecule has 0 heterocycles. The SMILES string of the molecule is COc1ccc(CC(C)=NCc2ccccc2)cc1. The van der Waals surface area contributed by atoms with Crippen molar-refractivity contribution in [2.75, 3.05) is 7.11 Å². The molecule has 2 nitrogen and oxygen atoms in total. The van der Waals surface area contributed by atoms with Gasteiger partial charge in [0, 0.05) is 12.1 Å². The van der Waals surface area contributed by atoms with Gasteiger partial charge in [-0.05, 0) is 30.2 Å². The lowest BCUT2D eigenvalue weighted by Gasteiger charge is -2.04. The van der Waals surface area contributed by atoms with Crippen molar-refractivity contribution in [2.24, 2.45) is 4.99 Å². The third-order valence-electron chi connectivity index (χ3n) is 2.99. The second kappa shape index (κ2) is 6.74. The van der Waals surface area contributed by atoms with E-state index in [1.165, 1.54) is 11.1 Å². The van der Waals surface area contributed by atoms with E-state index in [1.807, 2.05) is 30.3 Å². The second-order valence-electron chi connectivity index (χ2n) is 4.56. The highest BCUT2D eigenvalue weighted by Crippen LogP contribution is 2.12. The number of methoxy groups -OCH3 is 1. The number of rotatable bonds is 5. The van der Waals surface area contributed by atoms with Crippen molar-refractivity contribution in [1.29, 1.82) is 0 Å². The topological polar surface area (TPSA) is 21.6 Å². The molecule has 19 heavy (non-hydrogen) atoms. The molecule has 98 valence electrons. The number of ether oxygens (including phenoxy) is 1. The summed E-state index contributed by atoms with van der Waals surface area (Å²) in [6.07, 6.45) is 0.886. The lowest BCUT2D eigenvalue weighted by Crippen LogP contribution is -1.98. The molecule has 0 fully saturated rings. The van der Waals surface area contributed by atoms with Crippen LogP contribution < -0.4 is 4.74 Å². The van der Waals surface area contributed by atoms with E-state index in [0.717, 1.165) is 24.4 Å². The molecule has 0 aliphatic carbocycles. The first-order valence-corrected chi connectivity index (χ1v) is 6.44. The van der Waals surface area contributed by atoms with E-state index in [1.54, 1.807) is 7.11 Å². The fourth-order valence-electron chi connectivity index (χ4n) is 1.90. The fraction of sp³-hybridized carbons (Fsp3) is 0.235. The molecule has 0 saturated heterocycles. The van der Waals surface area contributed by atoms with Crippen molar-refractivity contribution >= 4 is 5.71 Å². The highest BCUT2D eigenvalue weighted by molar-refractivity contribution is 5.84. The Bertz CT molecular complexity index is 529. The number of hydrogen-bond donors (Lipinski definition) is 0. The minimum Gasteiger partial charge on any atom is -0.497 e. The van der Waals surface area contributed by atoms with Crippen molar-refractivity contribution in [3.8, 4) is 5.75 Å². The lowest BCUT2D eigenvalue weighted by atomic mass is 10.1. The van der Waals surface area contributed by atoms with Crippen LogP contribution in [0.15, 0.2) is 59.6 Å². The van der Waals surface area contributed by atoms with Crippen LogP contribution in [0.25, 0.3) is 0 Å². The van der Waals surface area contributed by atoms with E-state index in [9.17, 15) is 0 Å². The Hall–Kier alpha value is -2.09. The summed E-state index contributed by atoms with van der Waals surface area (Å²) in [4.78, 5) is 4.62. The third kappa shape index (κ3) is 4.25.